The van der Waals surface area contributed by atoms with Crippen LogP contribution in [0.5, 0.6) is 0 Å². The van der Waals surface area contributed by atoms with Crippen LogP contribution in [-0.4, -0.2) is 0 Å². The van der Waals surface area contributed by atoms with Gasteiger partial charge in [0.15, 0.2) is 0 Å². The average molecular weight is 310 g/mol. The lowest BCUT2D eigenvalue weighted by Gasteiger charge is -2.13. The van der Waals surface area contributed by atoms with Gasteiger partial charge in [0.05, 0.1) is 5.56 Å². The first-order valence-corrected chi connectivity index (χ1v) is 8.01. The normalized spacial score (nSPS) is 10.8. The highest BCUT2D eigenvalue weighted by molar-refractivity contribution is 5.70. The molecule has 2 nitrogen and oxygen atoms in total. The number of hydrogen-bond acceptors (Lipinski definition) is 2. The maximum absolute atomic E-state index is 13.3. The van der Waals surface area contributed by atoms with Crippen molar-refractivity contribution in [3.05, 3.63) is 65.1 Å². The molecule has 0 radical (unpaired) electrons. The van der Waals surface area contributed by atoms with Gasteiger partial charge in [0.1, 0.15) is 11.9 Å². The van der Waals surface area contributed by atoms with Crippen molar-refractivity contribution in [2.24, 2.45) is 0 Å². The first-order chi connectivity index (χ1) is 11.3. The fourth-order valence-corrected chi connectivity index (χ4v) is 2.20. The van der Waals surface area contributed by atoms with Gasteiger partial charge in [-0.05, 0) is 52.7 Å². The van der Waals surface area contributed by atoms with Gasteiger partial charge < -0.3 is 5.32 Å². The Morgan fingerprint density at radius 1 is 1.00 bits per heavy atom. The second-order valence-corrected chi connectivity index (χ2v) is 4.43. The molecule has 1 aliphatic heterocycles. The van der Waals surface area contributed by atoms with E-state index in [2.05, 4.69) is 17.4 Å². The summed E-state index contributed by atoms with van der Waals surface area (Å²) in [6, 6.07) is 12.6. The van der Waals surface area contributed by atoms with Crippen LogP contribution in [0.25, 0.3) is 17.2 Å². The number of nitriles is 1. The summed E-state index contributed by atoms with van der Waals surface area (Å²) in [7, 11) is 0. The standard InChI is InChI=1S/C16H11FN2.2C2H6/c17-16-4-3-12(8-15(16)9-18)11-1-2-14-10-19-6-5-13(14)7-11;2*1-2/h1-8,19H,10H2;2*1-2H3. The molecule has 23 heavy (non-hydrogen) atoms. The van der Waals surface area contributed by atoms with Crippen molar-refractivity contribution in [2.45, 2.75) is 34.2 Å². The summed E-state index contributed by atoms with van der Waals surface area (Å²) in [4.78, 5) is 0. The lowest BCUT2D eigenvalue weighted by atomic mass is 9.97. The topological polar surface area (TPSA) is 35.8 Å². The summed E-state index contributed by atoms with van der Waals surface area (Å²) in [5.74, 6) is -0.478. The minimum atomic E-state index is -0.478. The van der Waals surface area contributed by atoms with Gasteiger partial charge >= 0.3 is 0 Å². The van der Waals surface area contributed by atoms with E-state index in [-0.39, 0.29) is 5.56 Å². The van der Waals surface area contributed by atoms with Crippen LogP contribution >= 0.6 is 0 Å². The Labute approximate surface area is 138 Å². The van der Waals surface area contributed by atoms with Gasteiger partial charge in [-0.3, -0.25) is 0 Å². The van der Waals surface area contributed by atoms with Crippen molar-refractivity contribution in [1.82, 2.24) is 5.32 Å². The third kappa shape index (κ3) is 4.43. The predicted molar refractivity (Wildman–Crippen MR) is 95.1 cm³/mol. The quantitative estimate of drug-likeness (QED) is 0.756. The van der Waals surface area contributed by atoms with Crippen molar-refractivity contribution in [3.63, 3.8) is 0 Å². The fraction of sp³-hybridized carbons (Fsp3) is 0.250. The van der Waals surface area contributed by atoms with E-state index in [9.17, 15) is 4.39 Å². The molecule has 2 aromatic rings. The summed E-state index contributed by atoms with van der Waals surface area (Å²) < 4.78 is 13.3. The van der Waals surface area contributed by atoms with E-state index in [4.69, 9.17) is 5.26 Å². The summed E-state index contributed by atoms with van der Waals surface area (Å²) in [5, 5.41) is 12.0. The van der Waals surface area contributed by atoms with Crippen molar-refractivity contribution in [1.29, 1.82) is 5.26 Å². The number of nitrogens with zero attached hydrogens (tertiary/aromatic N) is 1. The molecule has 0 saturated carbocycles. The minimum absolute atomic E-state index is 0.0763. The Morgan fingerprint density at radius 3 is 2.35 bits per heavy atom. The van der Waals surface area contributed by atoms with Crippen LogP contribution in [0.1, 0.15) is 44.4 Å². The smallest absolute Gasteiger partial charge is 0.140 e. The van der Waals surface area contributed by atoms with Gasteiger partial charge in [-0.15, -0.1) is 0 Å². The molecule has 1 aliphatic rings. The van der Waals surface area contributed by atoms with E-state index in [1.165, 1.54) is 11.6 Å². The number of rotatable bonds is 1. The van der Waals surface area contributed by atoms with Gasteiger partial charge in [-0.1, -0.05) is 45.9 Å². The molecule has 1 heterocycles. The molecule has 0 bridgehead atoms. The first-order valence-electron chi connectivity index (χ1n) is 8.01. The Hall–Kier alpha value is -2.60. The highest BCUT2D eigenvalue weighted by Crippen LogP contribution is 2.26. The zero-order chi connectivity index (χ0) is 17.2. The van der Waals surface area contributed by atoms with E-state index < -0.39 is 5.82 Å². The van der Waals surface area contributed by atoms with Crippen molar-refractivity contribution < 1.29 is 4.39 Å². The number of nitrogens with one attached hydrogen (secondary N) is 1. The Morgan fingerprint density at radius 2 is 1.65 bits per heavy atom. The SMILES string of the molecule is CC.CC.N#Cc1cc(-c2ccc3c(c2)C=CNC3)ccc1F. The monoisotopic (exact) mass is 310 g/mol. The largest absolute Gasteiger partial charge is 0.387 e. The molecule has 0 unspecified atom stereocenters. The summed E-state index contributed by atoms with van der Waals surface area (Å²) in [6.45, 7) is 8.82. The third-order valence-corrected chi connectivity index (χ3v) is 3.24. The molecule has 2 aromatic carbocycles. The molecule has 0 saturated heterocycles. The zero-order valence-corrected chi connectivity index (χ0v) is 14.2. The molecule has 1 N–H and O–H groups in total. The van der Waals surface area contributed by atoms with E-state index in [1.54, 1.807) is 12.1 Å². The average Bonchev–Trinajstić information content (AvgIpc) is 2.65. The molecule has 0 aromatic heterocycles. The second-order valence-electron chi connectivity index (χ2n) is 4.43. The highest BCUT2D eigenvalue weighted by atomic mass is 19.1. The van der Waals surface area contributed by atoms with Crippen LogP contribution < -0.4 is 5.32 Å². The number of hydrogen-bond donors (Lipinski definition) is 1. The van der Waals surface area contributed by atoms with E-state index in [1.807, 2.05) is 52.1 Å². The minimum Gasteiger partial charge on any atom is -0.387 e. The molecule has 3 heteroatoms. The van der Waals surface area contributed by atoms with Gasteiger partial charge in [-0.25, -0.2) is 4.39 Å². The third-order valence-electron chi connectivity index (χ3n) is 3.24. The maximum Gasteiger partial charge on any atom is 0.140 e. The van der Waals surface area contributed by atoms with Gasteiger partial charge in [0.2, 0.25) is 0 Å². The molecule has 0 spiro atoms. The lowest BCUT2D eigenvalue weighted by Crippen LogP contribution is -2.09. The fourth-order valence-electron chi connectivity index (χ4n) is 2.20. The Balaban J connectivity index is 0.000000615. The summed E-state index contributed by atoms with van der Waals surface area (Å²) in [5.41, 5.74) is 4.30. The van der Waals surface area contributed by atoms with Gasteiger partial charge in [0.25, 0.3) is 0 Å². The molecule has 3 rings (SSSR count). The second kappa shape index (κ2) is 9.42. The molecule has 0 amide bonds. The molecular formula is C20H23FN2. The van der Waals surface area contributed by atoms with Gasteiger partial charge in [-0.2, -0.15) is 5.26 Å². The Bertz CT molecular complexity index is 712. The van der Waals surface area contributed by atoms with E-state index in [0.29, 0.717) is 0 Å². The van der Waals surface area contributed by atoms with Crippen LogP contribution in [0, 0.1) is 17.1 Å². The Kier molecular flexibility index (Phi) is 7.56. The van der Waals surface area contributed by atoms with E-state index >= 15 is 0 Å². The van der Waals surface area contributed by atoms with Crippen LogP contribution in [0.3, 0.4) is 0 Å². The van der Waals surface area contributed by atoms with Crippen molar-refractivity contribution >= 4 is 6.08 Å². The molecule has 0 atom stereocenters. The molecular weight excluding hydrogens is 287 g/mol. The maximum atomic E-state index is 13.3. The van der Waals surface area contributed by atoms with Crippen molar-refractivity contribution in [2.75, 3.05) is 0 Å². The number of fused-ring (bicyclic) bond motifs is 1. The van der Waals surface area contributed by atoms with Crippen LogP contribution in [0.4, 0.5) is 4.39 Å². The zero-order valence-electron chi connectivity index (χ0n) is 14.2. The van der Waals surface area contributed by atoms with Gasteiger partial charge in [0, 0.05) is 6.54 Å². The lowest BCUT2D eigenvalue weighted by molar-refractivity contribution is 0.624. The summed E-state index contributed by atoms with van der Waals surface area (Å²) >= 11 is 0. The molecule has 120 valence electrons. The van der Waals surface area contributed by atoms with Crippen LogP contribution in [-0.2, 0) is 6.54 Å². The van der Waals surface area contributed by atoms with Crippen LogP contribution in [0.15, 0.2) is 42.6 Å². The first kappa shape index (κ1) is 18.4. The summed E-state index contributed by atoms with van der Waals surface area (Å²) in [6.07, 6.45) is 3.93. The highest BCUT2D eigenvalue weighted by Gasteiger charge is 2.08. The van der Waals surface area contributed by atoms with E-state index in [0.717, 1.165) is 23.2 Å². The number of benzene rings is 2. The number of halogens is 1. The molecule has 0 aliphatic carbocycles. The van der Waals surface area contributed by atoms with Crippen LogP contribution in [0.2, 0.25) is 0 Å². The van der Waals surface area contributed by atoms with Crippen molar-refractivity contribution in [3.8, 4) is 17.2 Å². The molecule has 0 fully saturated rings. The predicted octanol–water partition coefficient (Wildman–Crippen LogP) is 5.49.